The maximum absolute atomic E-state index is 10.7. The van der Waals surface area contributed by atoms with Gasteiger partial charge >= 0.3 is 5.97 Å². The largest absolute Gasteiger partial charge is 0.389 e. The van der Waals surface area contributed by atoms with Crippen LogP contribution in [0.25, 0.3) is 0 Å². The maximum Gasteiger partial charge on any atom is 0.383 e. The zero-order valence-electron chi connectivity index (χ0n) is 5.72. The van der Waals surface area contributed by atoms with Crippen LogP contribution in [0.3, 0.4) is 0 Å². The predicted molar refractivity (Wildman–Crippen MR) is 44.6 cm³/mol. The third-order valence-corrected chi connectivity index (χ3v) is 1.46. The van der Waals surface area contributed by atoms with E-state index in [1.54, 1.807) is 0 Å². The molecule has 0 aromatic heterocycles. The molecule has 0 amide bonds. The van der Waals surface area contributed by atoms with E-state index < -0.39 is 11.8 Å². The molecule has 0 spiro atoms. The van der Waals surface area contributed by atoms with Gasteiger partial charge in [0.05, 0.1) is 0 Å². The van der Waals surface area contributed by atoms with E-state index in [2.05, 4.69) is 3.07 Å². The molecule has 3 nitrogen and oxygen atoms in total. The quantitative estimate of drug-likeness (QED) is 0.567. The number of carbonyl (C=O) groups excluding carboxylic acids is 2. The molecule has 0 radical (unpaired) electrons. The molecule has 0 saturated carbocycles. The minimum atomic E-state index is -0.742. The minimum absolute atomic E-state index is 0.304. The Labute approximate surface area is 73.8 Å². The molecule has 0 aliphatic carbocycles. The molecule has 0 fully saturated rings. The molecule has 0 heterocycles. The van der Waals surface area contributed by atoms with Crippen molar-refractivity contribution in [1.29, 1.82) is 0 Å². The first-order valence-corrected chi connectivity index (χ1v) is 3.96. The normalized spacial score (nSPS) is 9.00. The molecule has 10 heavy (non-hydrogen) atoms. The van der Waals surface area contributed by atoms with Crippen molar-refractivity contribution in [2.45, 2.75) is 26.2 Å². The van der Waals surface area contributed by atoms with E-state index in [-0.39, 0.29) is 0 Å². The van der Waals surface area contributed by atoms with Gasteiger partial charge in [0.25, 0.3) is 0 Å². The summed E-state index contributed by atoms with van der Waals surface area (Å²) in [5, 5.41) is 0. The van der Waals surface area contributed by atoms with Gasteiger partial charge < -0.3 is 3.07 Å². The lowest BCUT2D eigenvalue weighted by Gasteiger charge is -1.93. The average molecular weight is 256 g/mol. The van der Waals surface area contributed by atoms with E-state index in [9.17, 15) is 9.59 Å². The zero-order valence-corrected chi connectivity index (χ0v) is 7.88. The fourth-order valence-corrected chi connectivity index (χ4v) is 0.728. The Morgan fingerprint density at radius 2 is 2.10 bits per heavy atom. The van der Waals surface area contributed by atoms with Crippen LogP contribution in [-0.2, 0) is 12.7 Å². The number of unbranched alkanes of at least 4 members (excludes halogenated alkanes) is 1. The number of ketones is 1. The molecule has 0 bridgehead atoms. The second-order valence-corrected chi connectivity index (χ2v) is 2.33. The highest BCUT2D eigenvalue weighted by Gasteiger charge is 2.12. The van der Waals surface area contributed by atoms with Crippen molar-refractivity contribution >= 4 is 34.8 Å². The molecule has 4 heteroatoms. The van der Waals surface area contributed by atoms with Crippen molar-refractivity contribution in [2.24, 2.45) is 0 Å². The number of Topliss-reactive ketones (excluding diaryl/α,β-unsaturated/α-hetero) is 1. The molecule has 0 saturated heterocycles. The number of halogens is 1. The molecule has 0 rings (SSSR count). The second kappa shape index (κ2) is 5.64. The highest BCUT2D eigenvalue weighted by atomic mass is 127. The summed E-state index contributed by atoms with van der Waals surface area (Å²) in [6, 6.07) is 0. The van der Waals surface area contributed by atoms with Crippen LogP contribution in [0.15, 0.2) is 0 Å². The van der Waals surface area contributed by atoms with Crippen LogP contribution in [0.5, 0.6) is 0 Å². The summed E-state index contributed by atoms with van der Waals surface area (Å²) in [5.74, 6) is -1.18. The Hall–Kier alpha value is -0.130. The molecular weight excluding hydrogens is 247 g/mol. The summed E-state index contributed by atoms with van der Waals surface area (Å²) in [6.07, 6.45) is 1.98. The third kappa shape index (κ3) is 3.81. The van der Waals surface area contributed by atoms with E-state index in [1.807, 2.05) is 6.92 Å². The number of carbonyl (C=O) groups is 2. The van der Waals surface area contributed by atoms with Crippen LogP contribution in [0.2, 0.25) is 0 Å². The van der Waals surface area contributed by atoms with Crippen molar-refractivity contribution < 1.29 is 12.7 Å². The molecular formula is C6H9IO3. The van der Waals surface area contributed by atoms with Crippen LogP contribution < -0.4 is 0 Å². The number of hydrogen-bond acceptors (Lipinski definition) is 3. The Kier molecular flexibility index (Phi) is 5.57. The number of rotatable bonds is 4. The summed E-state index contributed by atoms with van der Waals surface area (Å²) in [4.78, 5) is 21.1. The van der Waals surface area contributed by atoms with Crippen LogP contribution >= 0.6 is 23.0 Å². The average Bonchev–Trinajstić information content (AvgIpc) is 1.98. The summed E-state index contributed by atoms with van der Waals surface area (Å²) in [7, 11) is 0. The minimum Gasteiger partial charge on any atom is -0.389 e. The van der Waals surface area contributed by atoms with E-state index in [0.717, 1.165) is 12.8 Å². The summed E-state index contributed by atoms with van der Waals surface area (Å²) in [5.41, 5.74) is 0. The molecule has 0 atom stereocenters. The third-order valence-electron chi connectivity index (χ3n) is 1.06. The fourth-order valence-electron chi connectivity index (χ4n) is 0.482. The van der Waals surface area contributed by atoms with Gasteiger partial charge in [-0.3, -0.25) is 4.79 Å². The molecule has 0 N–H and O–H groups in total. The van der Waals surface area contributed by atoms with Crippen LogP contribution in [0.1, 0.15) is 26.2 Å². The topological polar surface area (TPSA) is 43.4 Å². The van der Waals surface area contributed by atoms with Gasteiger partial charge in [-0.05, 0) is 6.42 Å². The lowest BCUT2D eigenvalue weighted by molar-refractivity contribution is -0.145. The van der Waals surface area contributed by atoms with Crippen molar-refractivity contribution in [3.05, 3.63) is 0 Å². The van der Waals surface area contributed by atoms with Gasteiger partial charge in [-0.25, -0.2) is 4.79 Å². The molecule has 0 aliphatic rings. The van der Waals surface area contributed by atoms with E-state index in [0.29, 0.717) is 6.42 Å². The van der Waals surface area contributed by atoms with Crippen LogP contribution in [0, 0.1) is 0 Å². The van der Waals surface area contributed by atoms with Gasteiger partial charge in [0.1, 0.15) is 0 Å². The molecule has 0 aromatic rings. The SMILES string of the molecule is CCCCC(=O)C(=O)OI. The van der Waals surface area contributed by atoms with Gasteiger partial charge in [0, 0.05) is 6.42 Å². The molecule has 58 valence electrons. The van der Waals surface area contributed by atoms with Crippen molar-refractivity contribution in [3.63, 3.8) is 0 Å². The van der Waals surface area contributed by atoms with E-state index >= 15 is 0 Å². The predicted octanol–water partition coefficient (Wildman–Crippen LogP) is 1.64. The smallest absolute Gasteiger partial charge is 0.383 e. The van der Waals surface area contributed by atoms with Gasteiger partial charge in [-0.1, -0.05) is 13.3 Å². The first-order chi connectivity index (χ1) is 4.72. The highest BCUT2D eigenvalue weighted by molar-refractivity contribution is 14.1. The monoisotopic (exact) mass is 256 g/mol. The van der Waals surface area contributed by atoms with Crippen molar-refractivity contribution in [1.82, 2.24) is 0 Å². The summed E-state index contributed by atoms with van der Waals surface area (Å²) < 4.78 is 4.19. The fraction of sp³-hybridized carbons (Fsp3) is 0.667. The Bertz CT molecular complexity index is 133. The number of hydrogen-bond donors (Lipinski definition) is 0. The summed E-state index contributed by atoms with van der Waals surface area (Å²) >= 11 is 1.41. The van der Waals surface area contributed by atoms with Crippen molar-refractivity contribution in [2.75, 3.05) is 0 Å². The van der Waals surface area contributed by atoms with Gasteiger partial charge in [0.15, 0.2) is 23.0 Å². The van der Waals surface area contributed by atoms with Crippen molar-refractivity contribution in [3.8, 4) is 0 Å². The Morgan fingerprint density at radius 1 is 1.50 bits per heavy atom. The van der Waals surface area contributed by atoms with Gasteiger partial charge in [0.2, 0.25) is 5.78 Å². The molecule has 0 unspecified atom stereocenters. The molecule has 0 aromatic carbocycles. The molecule has 0 aliphatic heterocycles. The first-order valence-electron chi connectivity index (χ1n) is 3.08. The first kappa shape index (κ1) is 9.87. The Balaban J connectivity index is 3.52. The van der Waals surface area contributed by atoms with E-state index in [4.69, 9.17) is 0 Å². The van der Waals surface area contributed by atoms with Gasteiger partial charge in [-0.2, -0.15) is 0 Å². The lowest BCUT2D eigenvalue weighted by Crippen LogP contribution is -2.12. The Morgan fingerprint density at radius 3 is 2.50 bits per heavy atom. The van der Waals surface area contributed by atoms with Crippen LogP contribution in [0.4, 0.5) is 0 Å². The van der Waals surface area contributed by atoms with Gasteiger partial charge in [-0.15, -0.1) is 0 Å². The highest BCUT2D eigenvalue weighted by Crippen LogP contribution is 1.98. The lowest BCUT2D eigenvalue weighted by atomic mass is 10.2. The maximum atomic E-state index is 10.7. The summed E-state index contributed by atoms with van der Waals surface area (Å²) in [6.45, 7) is 1.96. The zero-order chi connectivity index (χ0) is 7.98. The van der Waals surface area contributed by atoms with E-state index in [1.165, 1.54) is 23.0 Å². The standard InChI is InChI=1S/C6H9IO3/c1-2-3-4-5(8)6(9)10-7/h2-4H2,1H3. The van der Waals surface area contributed by atoms with Crippen LogP contribution in [-0.4, -0.2) is 11.8 Å². The second-order valence-electron chi connectivity index (χ2n) is 1.89.